The zero-order valence-electron chi connectivity index (χ0n) is 9.65. The zero-order valence-corrected chi connectivity index (χ0v) is 9.65. The summed E-state index contributed by atoms with van der Waals surface area (Å²) in [5.74, 6) is 2.70. The molecule has 0 bridgehead atoms. The number of carbonyl (C=O) groups is 1. The first-order valence-electron chi connectivity index (χ1n) is 5.72. The lowest BCUT2D eigenvalue weighted by molar-refractivity contribution is -0.118. The molecular weight excluding hydrogens is 208 g/mol. The van der Waals surface area contributed by atoms with Crippen molar-refractivity contribution in [3.05, 3.63) is 48.0 Å². The molecule has 0 fully saturated rings. The summed E-state index contributed by atoms with van der Waals surface area (Å²) in [4.78, 5) is 11.6. The highest BCUT2D eigenvalue weighted by Gasteiger charge is 2.03. The van der Waals surface area contributed by atoms with E-state index in [1.807, 2.05) is 18.2 Å². The van der Waals surface area contributed by atoms with Crippen LogP contribution in [0, 0.1) is 12.3 Å². The molecule has 0 N–H and O–H groups in total. The Balaban J connectivity index is 2.14. The van der Waals surface area contributed by atoms with Crippen LogP contribution >= 0.6 is 0 Å². The van der Waals surface area contributed by atoms with Gasteiger partial charge in [-0.25, -0.2) is 0 Å². The van der Waals surface area contributed by atoms with Crippen molar-refractivity contribution in [2.24, 2.45) is 0 Å². The lowest BCUT2D eigenvalue weighted by Crippen LogP contribution is -2.01. The largest absolute Gasteiger partial charge is 0.299 e. The molecule has 2 aromatic carbocycles. The van der Waals surface area contributed by atoms with Crippen LogP contribution < -0.4 is 0 Å². The van der Waals surface area contributed by atoms with E-state index in [2.05, 4.69) is 30.2 Å². The van der Waals surface area contributed by atoms with Gasteiger partial charge in [-0.1, -0.05) is 42.5 Å². The van der Waals surface area contributed by atoms with Crippen LogP contribution in [0.25, 0.3) is 10.8 Å². The van der Waals surface area contributed by atoms with Gasteiger partial charge < -0.3 is 0 Å². The van der Waals surface area contributed by atoms with Gasteiger partial charge in [-0.15, -0.1) is 12.3 Å². The van der Waals surface area contributed by atoms with Crippen molar-refractivity contribution in [1.82, 2.24) is 0 Å². The van der Waals surface area contributed by atoms with E-state index in [1.54, 1.807) is 0 Å². The van der Waals surface area contributed by atoms with Crippen molar-refractivity contribution in [3.63, 3.8) is 0 Å². The van der Waals surface area contributed by atoms with E-state index in [1.165, 1.54) is 10.8 Å². The molecule has 0 heterocycles. The van der Waals surface area contributed by atoms with E-state index in [0.29, 0.717) is 19.3 Å². The standard InChI is InChI=1S/C16H14O/c1-2-3-8-16(17)12-13-9-10-14-6-4-5-7-15(14)11-13/h1,4-7,9-11H,3,8,12H2. The van der Waals surface area contributed by atoms with Crippen molar-refractivity contribution in [2.45, 2.75) is 19.3 Å². The Labute approximate surface area is 101 Å². The van der Waals surface area contributed by atoms with Crippen molar-refractivity contribution in [1.29, 1.82) is 0 Å². The summed E-state index contributed by atoms with van der Waals surface area (Å²) in [7, 11) is 0. The van der Waals surface area contributed by atoms with Gasteiger partial charge in [0.1, 0.15) is 5.78 Å². The van der Waals surface area contributed by atoms with Crippen molar-refractivity contribution >= 4 is 16.6 Å². The van der Waals surface area contributed by atoms with Crippen LogP contribution in [0.2, 0.25) is 0 Å². The summed E-state index contributed by atoms with van der Waals surface area (Å²) < 4.78 is 0. The minimum absolute atomic E-state index is 0.207. The topological polar surface area (TPSA) is 17.1 Å². The van der Waals surface area contributed by atoms with E-state index < -0.39 is 0 Å². The molecule has 0 aliphatic heterocycles. The third-order valence-corrected chi connectivity index (χ3v) is 2.76. The van der Waals surface area contributed by atoms with E-state index in [-0.39, 0.29) is 5.78 Å². The first-order valence-corrected chi connectivity index (χ1v) is 5.72. The predicted molar refractivity (Wildman–Crippen MR) is 70.7 cm³/mol. The molecule has 0 atom stereocenters. The molecular formula is C16H14O. The summed E-state index contributed by atoms with van der Waals surface area (Å²) in [6, 6.07) is 14.3. The fourth-order valence-corrected chi connectivity index (χ4v) is 1.88. The van der Waals surface area contributed by atoms with Gasteiger partial charge in [0.05, 0.1) is 0 Å². The number of benzene rings is 2. The Morgan fingerprint density at radius 2 is 1.88 bits per heavy atom. The number of terminal acetylenes is 1. The number of Topliss-reactive ketones (excluding diaryl/α,β-unsaturated/α-hetero) is 1. The molecule has 0 amide bonds. The van der Waals surface area contributed by atoms with Gasteiger partial charge in [-0.05, 0) is 16.3 Å². The molecule has 0 spiro atoms. The monoisotopic (exact) mass is 222 g/mol. The number of fused-ring (bicyclic) bond motifs is 1. The zero-order chi connectivity index (χ0) is 12.1. The van der Waals surface area contributed by atoms with Gasteiger partial charge >= 0.3 is 0 Å². The van der Waals surface area contributed by atoms with Crippen LogP contribution in [0.4, 0.5) is 0 Å². The molecule has 0 unspecified atom stereocenters. The smallest absolute Gasteiger partial charge is 0.138 e. The normalized spacial score (nSPS) is 10.1. The molecule has 1 heteroatoms. The number of rotatable bonds is 4. The minimum atomic E-state index is 0.207. The maximum atomic E-state index is 11.6. The Morgan fingerprint density at radius 1 is 1.12 bits per heavy atom. The van der Waals surface area contributed by atoms with E-state index in [0.717, 1.165) is 5.56 Å². The van der Waals surface area contributed by atoms with Crippen LogP contribution in [-0.4, -0.2) is 5.78 Å². The fraction of sp³-hybridized carbons (Fsp3) is 0.188. The van der Waals surface area contributed by atoms with Crippen molar-refractivity contribution in [3.8, 4) is 12.3 Å². The Bertz CT molecular complexity index is 575. The molecule has 0 aromatic heterocycles. The van der Waals surface area contributed by atoms with Gasteiger partial charge in [0.15, 0.2) is 0 Å². The number of carbonyl (C=O) groups excluding carboxylic acids is 1. The minimum Gasteiger partial charge on any atom is -0.299 e. The van der Waals surface area contributed by atoms with Gasteiger partial charge in [0, 0.05) is 19.3 Å². The van der Waals surface area contributed by atoms with Crippen molar-refractivity contribution in [2.75, 3.05) is 0 Å². The highest BCUT2D eigenvalue weighted by Crippen LogP contribution is 2.16. The lowest BCUT2D eigenvalue weighted by Gasteiger charge is -2.02. The molecule has 2 rings (SSSR count). The fourth-order valence-electron chi connectivity index (χ4n) is 1.88. The summed E-state index contributed by atoms with van der Waals surface area (Å²) in [5, 5.41) is 2.38. The Morgan fingerprint density at radius 3 is 2.65 bits per heavy atom. The average molecular weight is 222 g/mol. The second kappa shape index (κ2) is 5.32. The first kappa shape index (κ1) is 11.4. The van der Waals surface area contributed by atoms with E-state index in [9.17, 15) is 4.79 Å². The number of hydrogen-bond donors (Lipinski definition) is 0. The molecule has 84 valence electrons. The summed E-state index contributed by atoms with van der Waals surface area (Å²) >= 11 is 0. The van der Waals surface area contributed by atoms with Crippen LogP contribution in [0.5, 0.6) is 0 Å². The van der Waals surface area contributed by atoms with Crippen molar-refractivity contribution < 1.29 is 4.79 Å². The van der Waals surface area contributed by atoms with Crippen LogP contribution in [0.1, 0.15) is 18.4 Å². The molecule has 1 nitrogen and oxygen atoms in total. The summed E-state index contributed by atoms with van der Waals surface area (Å²) in [6.07, 6.45) is 6.63. The summed E-state index contributed by atoms with van der Waals surface area (Å²) in [6.45, 7) is 0. The SMILES string of the molecule is C#CCCC(=O)Cc1ccc2ccccc2c1. The molecule has 0 saturated heterocycles. The second-order valence-corrected chi connectivity index (χ2v) is 4.10. The third-order valence-electron chi connectivity index (χ3n) is 2.76. The predicted octanol–water partition coefficient (Wildman–Crippen LogP) is 3.36. The first-order chi connectivity index (χ1) is 8.29. The highest BCUT2D eigenvalue weighted by molar-refractivity contribution is 5.86. The maximum Gasteiger partial charge on any atom is 0.138 e. The molecule has 17 heavy (non-hydrogen) atoms. The van der Waals surface area contributed by atoms with Crippen LogP contribution in [0.3, 0.4) is 0 Å². The quantitative estimate of drug-likeness (QED) is 0.725. The molecule has 2 aromatic rings. The van der Waals surface area contributed by atoms with Crippen LogP contribution in [-0.2, 0) is 11.2 Å². The number of ketones is 1. The lowest BCUT2D eigenvalue weighted by atomic mass is 10.0. The average Bonchev–Trinajstić information content (AvgIpc) is 2.36. The molecule has 0 aliphatic carbocycles. The van der Waals surface area contributed by atoms with Gasteiger partial charge in [0.25, 0.3) is 0 Å². The molecule has 0 saturated carbocycles. The Hall–Kier alpha value is -2.07. The van der Waals surface area contributed by atoms with Gasteiger partial charge in [-0.3, -0.25) is 4.79 Å². The van der Waals surface area contributed by atoms with Gasteiger partial charge in [0.2, 0.25) is 0 Å². The number of hydrogen-bond acceptors (Lipinski definition) is 1. The maximum absolute atomic E-state index is 11.6. The second-order valence-electron chi connectivity index (χ2n) is 4.10. The third kappa shape index (κ3) is 2.95. The molecule has 0 aliphatic rings. The van der Waals surface area contributed by atoms with Crippen LogP contribution in [0.15, 0.2) is 42.5 Å². The van der Waals surface area contributed by atoms with E-state index >= 15 is 0 Å². The Kier molecular flexibility index (Phi) is 3.57. The van der Waals surface area contributed by atoms with E-state index in [4.69, 9.17) is 6.42 Å². The molecule has 0 radical (unpaired) electrons. The van der Waals surface area contributed by atoms with Gasteiger partial charge in [-0.2, -0.15) is 0 Å². The summed E-state index contributed by atoms with van der Waals surface area (Å²) in [5.41, 5.74) is 1.06. The highest BCUT2D eigenvalue weighted by atomic mass is 16.1.